The highest BCUT2D eigenvalue weighted by Crippen LogP contribution is 2.23. The first kappa shape index (κ1) is 14.5. The maximum atomic E-state index is 2.28. The van der Waals surface area contributed by atoms with Crippen LogP contribution in [0.5, 0.6) is 0 Å². The second-order valence-corrected chi connectivity index (χ2v) is 5.16. The summed E-state index contributed by atoms with van der Waals surface area (Å²) in [4.78, 5) is 0. The van der Waals surface area contributed by atoms with Crippen LogP contribution in [0.1, 0.15) is 67.7 Å². The molecule has 0 saturated heterocycles. The molecule has 0 spiro atoms. The average molecular weight is 172 g/mol. The molecule has 0 aromatic heterocycles. The van der Waals surface area contributed by atoms with Crippen LogP contribution in [0.15, 0.2) is 0 Å². The molecule has 0 N–H and O–H groups in total. The van der Waals surface area contributed by atoms with Gasteiger partial charge in [-0.15, -0.1) is 0 Å². The van der Waals surface area contributed by atoms with E-state index in [1.54, 1.807) is 0 Å². The lowest BCUT2D eigenvalue weighted by Gasteiger charge is -2.19. The second kappa shape index (κ2) is 7.64. The minimum absolute atomic E-state index is 0.522. The summed E-state index contributed by atoms with van der Waals surface area (Å²) in [6, 6.07) is 0. The van der Waals surface area contributed by atoms with E-state index >= 15 is 0 Å². The standard InChI is InChI=1S/C8H18.C4H10/c1-7(2)6-8(3,4)5;1-3-4-2/h7H,6H2,1-5H3;3-4H2,1-2H3. The van der Waals surface area contributed by atoms with Crippen molar-refractivity contribution in [2.45, 2.75) is 67.7 Å². The Morgan fingerprint density at radius 2 is 1.25 bits per heavy atom. The molecule has 0 fully saturated rings. The van der Waals surface area contributed by atoms with Gasteiger partial charge in [0.25, 0.3) is 0 Å². The van der Waals surface area contributed by atoms with E-state index in [4.69, 9.17) is 0 Å². The van der Waals surface area contributed by atoms with Gasteiger partial charge in [0.1, 0.15) is 0 Å². The lowest BCUT2D eigenvalue weighted by Crippen LogP contribution is -2.08. The fourth-order valence-electron chi connectivity index (χ4n) is 1.22. The van der Waals surface area contributed by atoms with Crippen molar-refractivity contribution in [3.63, 3.8) is 0 Å². The molecule has 0 rings (SSSR count). The van der Waals surface area contributed by atoms with Crippen LogP contribution >= 0.6 is 0 Å². The zero-order valence-corrected chi connectivity index (χ0v) is 10.2. The van der Waals surface area contributed by atoms with Gasteiger partial charge < -0.3 is 0 Å². The highest BCUT2D eigenvalue weighted by Gasteiger charge is 2.11. The Hall–Kier alpha value is 0. The Labute approximate surface area is 79.8 Å². The molecule has 0 aliphatic rings. The van der Waals surface area contributed by atoms with E-state index in [1.165, 1.54) is 19.3 Å². The molecule has 0 bridgehead atoms. The fraction of sp³-hybridized carbons (Fsp3) is 1.00. The van der Waals surface area contributed by atoms with Crippen molar-refractivity contribution < 1.29 is 0 Å². The Bertz CT molecular complexity index is 72.5. The van der Waals surface area contributed by atoms with Crippen LogP contribution in [-0.2, 0) is 0 Å². The topological polar surface area (TPSA) is 0 Å². The van der Waals surface area contributed by atoms with Crippen LogP contribution < -0.4 is 0 Å². The van der Waals surface area contributed by atoms with Gasteiger partial charge in [0, 0.05) is 0 Å². The Morgan fingerprint density at radius 1 is 0.917 bits per heavy atom. The molecule has 0 aliphatic carbocycles. The molecular formula is C12H28. The summed E-state index contributed by atoms with van der Waals surface area (Å²) in [6.45, 7) is 15.8. The Kier molecular flexibility index (Phi) is 9.24. The lowest BCUT2D eigenvalue weighted by atomic mass is 9.86. The number of hydrogen-bond acceptors (Lipinski definition) is 0. The summed E-state index contributed by atoms with van der Waals surface area (Å²) < 4.78 is 0. The zero-order valence-electron chi connectivity index (χ0n) is 10.2. The van der Waals surface area contributed by atoms with Crippen LogP contribution in [0.25, 0.3) is 0 Å². The van der Waals surface area contributed by atoms with Crippen molar-refractivity contribution in [3.05, 3.63) is 0 Å². The van der Waals surface area contributed by atoms with Gasteiger partial charge in [0.15, 0.2) is 0 Å². The van der Waals surface area contributed by atoms with Gasteiger partial charge in [-0.2, -0.15) is 0 Å². The predicted molar refractivity (Wildman–Crippen MR) is 59.5 cm³/mol. The molecule has 0 aliphatic heterocycles. The first-order valence-corrected chi connectivity index (χ1v) is 5.33. The molecule has 0 radical (unpaired) electrons. The number of unbranched alkanes of at least 4 members (excludes halogenated alkanes) is 1. The maximum Gasteiger partial charge on any atom is -0.0380 e. The number of hydrogen-bond donors (Lipinski definition) is 0. The van der Waals surface area contributed by atoms with Crippen molar-refractivity contribution >= 4 is 0 Å². The van der Waals surface area contributed by atoms with Crippen LogP contribution in [0.3, 0.4) is 0 Å². The average Bonchev–Trinajstić information content (AvgIpc) is 1.83. The molecule has 0 unspecified atom stereocenters. The van der Waals surface area contributed by atoms with Gasteiger partial charge >= 0.3 is 0 Å². The van der Waals surface area contributed by atoms with Gasteiger partial charge in [0.2, 0.25) is 0 Å². The van der Waals surface area contributed by atoms with E-state index in [2.05, 4.69) is 48.5 Å². The van der Waals surface area contributed by atoms with E-state index in [0.29, 0.717) is 5.41 Å². The molecule has 0 amide bonds. The van der Waals surface area contributed by atoms with Crippen molar-refractivity contribution in [3.8, 4) is 0 Å². The molecule has 76 valence electrons. The smallest absolute Gasteiger partial charge is 0.0380 e. The minimum Gasteiger partial charge on any atom is -0.0654 e. The van der Waals surface area contributed by atoms with Gasteiger partial charge in [-0.05, 0) is 17.8 Å². The monoisotopic (exact) mass is 172 g/mol. The van der Waals surface area contributed by atoms with E-state index in [1.807, 2.05) is 0 Å². The summed E-state index contributed by atoms with van der Waals surface area (Å²) in [7, 11) is 0. The quantitative estimate of drug-likeness (QED) is 0.556. The van der Waals surface area contributed by atoms with E-state index in [-0.39, 0.29) is 0 Å². The molecule has 0 aromatic carbocycles. The lowest BCUT2D eigenvalue weighted by molar-refractivity contribution is 0.320. The maximum absolute atomic E-state index is 2.28. The normalized spacial score (nSPS) is 11.0. The molecular weight excluding hydrogens is 144 g/mol. The summed E-state index contributed by atoms with van der Waals surface area (Å²) in [5, 5.41) is 0. The van der Waals surface area contributed by atoms with Crippen LogP contribution in [0.2, 0.25) is 0 Å². The zero-order chi connectivity index (χ0) is 10.2. The van der Waals surface area contributed by atoms with Gasteiger partial charge in [0.05, 0.1) is 0 Å². The molecule has 0 saturated carbocycles. The van der Waals surface area contributed by atoms with Crippen LogP contribution in [0, 0.1) is 11.3 Å². The van der Waals surface area contributed by atoms with Crippen LogP contribution in [0.4, 0.5) is 0 Å². The fourth-order valence-corrected chi connectivity index (χ4v) is 1.22. The molecule has 0 aromatic rings. The van der Waals surface area contributed by atoms with E-state index in [9.17, 15) is 0 Å². The molecule has 0 atom stereocenters. The van der Waals surface area contributed by atoms with Crippen LogP contribution in [-0.4, -0.2) is 0 Å². The Balaban J connectivity index is 0. The largest absolute Gasteiger partial charge is 0.0654 e. The van der Waals surface area contributed by atoms with E-state index in [0.717, 1.165) is 5.92 Å². The van der Waals surface area contributed by atoms with Crippen molar-refractivity contribution in [2.24, 2.45) is 11.3 Å². The molecule has 0 heteroatoms. The highest BCUT2D eigenvalue weighted by atomic mass is 14.2. The third-order valence-electron chi connectivity index (χ3n) is 1.52. The van der Waals surface area contributed by atoms with Crippen molar-refractivity contribution in [2.75, 3.05) is 0 Å². The summed E-state index contributed by atoms with van der Waals surface area (Å²) in [5.41, 5.74) is 0.522. The van der Waals surface area contributed by atoms with Gasteiger partial charge in [-0.3, -0.25) is 0 Å². The summed E-state index contributed by atoms with van der Waals surface area (Å²) in [6.07, 6.45) is 3.97. The SMILES string of the molecule is CC(C)CC(C)(C)C.CCCC. The van der Waals surface area contributed by atoms with Crippen molar-refractivity contribution in [1.82, 2.24) is 0 Å². The predicted octanol–water partition coefficient (Wildman–Crippen LogP) is 4.89. The summed E-state index contributed by atoms with van der Waals surface area (Å²) in [5.74, 6) is 0.843. The minimum atomic E-state index is 0.522. The summed E-state index contributed by atoms with van der Waals surface area (Å²) >= 11 is 0. The molecule has 0 nitrogen and oxygen atoms in total. The molecule has 12 heavy (non-hydrogen) atoms. The highest BCUT2D eigenvalue weighted by molar-refractivity contribution is 4.62. The first-order valence-electron chi connectivity index (χ1n) is 5.33. The third kappa shape index (κ3) is 22.5. The van der Waals surface area contributed by atoms with Crippen molar-refractivity contribution in [1.29, 1.82) is 0 Å². The Morgan fingerprint density at radius 3 is 1.25 bits per heavy atom. The first-order chi connectivity index (χ1) is 5.33. The molecule has 0 heterocycles. The van der Waals surface area contributed by atoms with E-state index < -0.39 is 0 Å². The second-order valence-electron chi connectivity index (χ2n) is 5.16. The number of rotatable bonds is 2. The third-order valence-corrected chi connectivity index (χ3v) is 1.52. The van der Waals surface area contributed by atoms with Gasteiger partial charge in [-0.25, -0.2) is 0 Å². The van der Waals surface area contributed by atoms with Gasteiger partial charge in [-0.1, -0.05) is 61.3 Å².